The minimum absolute atomic E-state index is 0.0194. The van der Waals surface area contributed by atoms with E-state index < -0.39 is 22.3 Å². The molecule has 1 aliphatic carbocycles. The second-order valence-electron chi connectivity index (χ2n) is 3.92. The molecule has 2 N–H and O–H groups in total. The maximum atomic E-state index is 11.9. The molecule has 2 rings (SSSR count). The third-order valence-electron chi connectivity index (χ3n) is 2.50. The molecule has 0 spiro atoms. The molecule has 0 unspecified atom stereocenters. The number of nitrogens with zero attached hydrogens (tertiary/aromatic N) is 1. The van der Waals surface area contributed by atoms with Crippen LogP contribution < -0.4 is 5.32 Å². The number of aromatic hydroxyl groups is 1. The van der Waals surface area contributed by atoms with Gasteiger partial charge in [0.25, 0.3) is 5.91 Å². The lowest BCUT2D eigenvalue weighted by atomic mass is 10.1. The zero-order valence-electron chi connectivity index (χ0n) is 8.94. The van der Waals surface area contributed by atoms with Crippen LogP contribution in [0, 0.1) is 10.1 Å². The number of rotatable bonds is 3. The molecule has 1 aromatic carbocycles. The number of nitro benzene ring substituents is 1. The van der Waals surface area contributed by atoms with Gasteiger partial charge >= 0.3 is 5.69 Å². The Kier molecular flexibility index (Phi) is 3.32. The van der Waals surface area contributed by atoms with Gasteiger partial charge in [0.15, 0.2) is 0 Å². The number of hydrogen-bond donors (Lipinski definition) is 2. The first-order valence-electron chi connectivity index (χ1n) is 5.08. The van der Waals surface area contributed by atoms with Crippen LogP contribution in [0.2, 0.25) is 10.0 Å². The number of nitro groups is 1. The largest absolute Gasteiger partial charge is 0.501 e. The molecule has 18 heavy (non-hydrogen) atoms. The van der Waals surface area contributed by atoms with Crippen molar-refractivity contribution in [3.05, 3.63) is 31.8 Å². The Morgan fingerprint density at radius 1 is 1.44 bits per heavy atom. The zero-order valence-corrected chi connectivity index (χ0v) is 10.5. The van der Waals surface area contributed by atoms with E-state index in [0.717, 1.165) is 18.9 Å². The highest BCUT2D eigenvalue weighted by Crippen LogP contribution is 2.41. The lowest BCUT2D eigenvalue weighted by molar-refractivity contribution is -0.386. The molecule has 0 aliphatic heterocycles. The van der Waals surface area contributed by atoms with E-state index in [2.05, 4.69) is 5.32 Å². The fourth-order valence-corrected chi connectivity index (χ4v) is 2.01. The lowest BCUT2D eigenvalue weighted by Crippen LogP contribution is -2.26. The van der Waals surface area contributed by atoms with Crippen LogP contribution in [0.25, 0.3) is 0 Å². The molecule has 96 valence electrons. The van der Waals surface area contributed by atoms with Crippen LogP contribution in [0.4, 0.5) is 5.69 Å². The number of hydrogen-bond acceptors (Lipinski definition) is 4. The Labute approximate surface area is 112 Å². The van der Waals surface area contributed by atoms with E-state index in [1.54, 1.807) is 0 Å². The molecule has 0 radical (unpaired) electrons. The summed E-state index contributed by atoms with van der Waals surface area (Å²) >= 11 is 11.4. The summed E-state index contributed by atoms with van der Waals surface area (Å²) in [7, 11) is 0. The summed E-state index contributed by atoms with van der Waals surface area (Å²) in [6.45, 7) is 0. The monoisotopic (exact) mass is 290 g/mol. The van der Waals surface area contributed by atoms with Gasteiger partial charge in [-0.2, -0.15) is 0 Å². The van der Waals surface area contributed by atoms with Crippen LogP contribution in [0.3, 0.4) is 0 Å². The summed E-state index contributed by atoms with van der Waals surface area (Å²) in [5, 5.41) is 22.6. The summed E-state index contributed by atoms with van der Waals surface area (Å²) in [5.74, 6) is -1.44. The van der Waals surface area contributed by atoms with Crippen molar-refractivity contribution in [2.24, 2.45) is 0 Å². The SMILES string of the molecule is O=C(NC1CC1)c1c(Cl)cc(Cl)c(O)c1[N+](=O)[O-]. The van der Waals surface area contributed by atoms with Crippen LogP contribution in [0.5, 0.6) is 5.75 Å². The van der Waals surface area contributed by atoms with Gasteiger partial charge in [-0.25, -0.2) is 0 Å². The highest BCUT2D eigenvalue weighted by Gasteiger charge is 2.33. The van der Waals surface area contributed by atoms with Gasteiger partial charge in [-0.3, -0.25) is 14.9 Å². The Bertz CT molecular complexity index is 543. The maximum absolute atomic E-state index is 11.9. The van der Waals surface area contributed by atoms with Gasteiger partial charge in [-0.15, -0.1) is 0 Å². The molecule has 0 aromatic heterocycles. The maximum Gasteiger partial charge on any atom is 0.326 e. The third-order valence-corrected chi connectivity index (χ3v) is 3.09. The van der Waals surface area contributed by atoms with Gasteiger partial charge in [0.1, 0.15) is 5.56 Å². The van der Waals surface area contributed by atoms with Gasteiger partial charge < -0.3 is 10.4 Å². The minimum atomic E-state index is -0.880. The molecule has 1 amide bonds. The molecule has 0 heterocycles. The van der Waals surface area contributed by atoms with Gasteiger partial charge in [-0.1, -0.05) is 23.2 Å². The van der Waals surface area contributed by atoms with E-state index in [0.29, 0.717) is 0 Å². The highest BCUT2D eigenvalue weighted by molar-refractivity contribution is 6.38. The Morgan fingerprint density at radius 2 is 2.06 bits per heavy atom. The van der Waals surface area contributed by atoms with Crippen molar-refractivity contribution in [3.63, 3.8) is 0 Å². The van der Waals surface area contributed by atoms with E-state index in [1.165, 1.54) is 0 Å². The first-order valence-corrected chi connectivity index (χ1v) is 5.83. The van der Waals surface area contributed by atoms with Crippen molar-refractivity contribution in [1.82, 2.24) is 5.32 Å². The predicted molar refractivity (Wildman–Crippen MR) is 65.3 cm³/mol. The fraction of sp³-hybridized carbons (Fsp3) is 0.300. The number of phenols is 1. The fourth-order valence-electron chi connectivity index (χ4n) is 1.48. The van der Waals surface area contributed by atoms with E-state index >= 15 is 0 Å². The normalized spacial score (nSPS) is 14.3. The molecule has 1 saturated carbocycles. The third kappa shape index (κ3) is 2.34. The van der Waals surface area contributed by atoms with Crippen LogP contribution in [-0.4, -0.2) is 22.0 Å². The number of carbonyl (C=O) groups excluding carboxylic acids is 1. The molecule has 0 atom stereocenters. The summed E-state index contributed by atoms with van der Waals surface area (Å²) in [5.41, 5.74) is -1.14. The average molecular weight is 291 g/mol. The highest BCUT2D eigenvalue weighted by atomic mass is 35.5. The molecule has 6 nitrogen and oxygen atoms in total. The quantitative estimate of drug-likeness (QED) is 0.661. The van der Waals surface area contributed by atoms with Crippen LogP contribution in [0.15, 0.2) is 6.07 Å². The van der Waals surface area contributed by atoms with Gasteiger partial charge in [-0.05, 0) is 18.9 Å². The number of halogens is 2. The van der Waals surface area contributed by atoms with Crippen LogP contribution >= 0.6 is 23.2 Å². The minimum Gasteiger partial charge on any atom is -0.501 e. The van der Waals surface area contributed by atoms with Crippen LogP contribution in [0.1, 0.15) is 23.2 Å². The van der Waals surface area contributed by atoms with Crippen molar-refractivity contribution in [2.75, 3.05) is 0 Å². The lowest BCUT2D eigenvalue weighted by Gasteiger charge is -2.08. The molecule has 0 bridgehead atoms. The summed E-state index contributed by atoms with van der Waals surface area (Å²) in [6, 6.07) is 1.12. The molecular formula is C10H8Cl2N2O4. The number of nitrogens with one attached hydrogen (secondary N) is 1. The molecule has 1 aliphatic rings. The second kappa shape index (κ2) is 4.62. The molecule has 1 aromatic rings. The van der Waals surface area contributed by atoms with Gasteiger partial charge in [0, 0.05) is 6.04 Å². The first kappa shape index (κ1) is 12.9. The average Bonchev–Trinajstić information content (AvgIpc) is 3.05. The molecule has 1 fully saturated rings. The van der Waals surface area contributed by atoms with Crippen LogP contribution in [-0.2, 0) is 0 Å². The summed E-state index contributed by atoms with van der Waals surface area (Å²) < 4.78 is 0. The first-order chi connectivity index (χ1) is 8.41. The Morgan fingerprint density at radius 3 is 2.56 bits per heavy atom. The van der Waals surface area contributed by atoms with E-state index in [9.17, 15) is 20.0 Å². The number of phenolic OH excluding ortho intramolecular Hbond substituents is 1. The van der Waals surface area contributed by atoms with Crippen molar-refractivity contribution in [2.45, 2.75) is 18.9 Å². The summed E-state index contributed by atoms with van der Waals surface area (Å²) in [4.78, 5) is 21.9. The molecular weight excluding hydrogens is 283 g/mol. The number of carbonyl (C=O) groups is 1. The van der Waals surface area contributed by atoms with E-state index in [-0.39, 0.29) is 21.7 Å². The smallest absolute Gasteiger partial charge is 0.326 e. The van der Waals surface area contributed by atoms with Crippen molar-refractivity contribution in [1.29, 1.82) is 0 Å². The van der Waals surface area contributed by atoms with Gasteiger partial charge in [0.05, 0.1) is 15.0 Å². The molecule has 8 heteroatoms. The standard InChI is InChI=1S/C10H8Cl2N2O4/c11-5-3-6(12)9(15)8(14(17)18)7(5)10(16)13-4-1-2-4/h3-4,15H,1-2H2,(H,13,16). The van der Waals surface area contributed by atoms with Crippen molar-refractivity contribution >= 4 is 34.8 Å². The summed E-state index contributed by atoms with van der Waals surface area (Å²) in [6.07, 6.45) is 1.66. The van der Waals surface area contributed by atoms with E-state index in [1.807, 2.05) is 0 Å². The van der Waals surface area contributed by atoms with Gasteiger partial charge in [0.2, 0.25) is 5.75 Å². The number of benzene rings is 1. The second-order valence-corrected chi connectivity index (χ2v) is 4.73. The van der Waals surface area contributed by atoms with E-state index in [4.69, 9.17) is 23.2 Å². The Balaban J connectivity index is 2.52. The Hall–Kier alpha value is -1.53. The number of amides is 1. The van der Waals surface area contributed by atoms with Crippen molar-refractivity contribution < 1.29 is 14.8 Å². The topological polar surface area (TPSA) is 92.5 Å². The predicted octanol–water partition coefficient (Wildman–Crippen LogP) is 2.50. The molecule has 0 saturated heterocycles. The zero-order chi connectivity index (χ0) is 13.4. The van der Waals surface area contributed by atoms with Crippen molar-refractivity contribution in [3.8, 4) is 5.75 Å².